The van der Waals surface area contributed by atoms with Gasteiger partial charge in [-0.05, 0) is 17.7 Å². The SMILES string of the molecule is O=[N+]([O-])c1ccccc1-n1ncc2cnc(Cl)nc21. The van der Waals surface area contributed by atoms with Gasteiger partial charge in [-0.1, -0.05) is 12.1 Å². The Kier molecular flexibility index (Phi) is 2.60. The van der Waals surface area contributed by atoms with Crippen LogP contribution in [0, 0.1) is 10.1 Å². The van der Waals surface area contributed by atoms with Crippen LogP contribution in [0.4, 0.5) is 5.69 Å². The molecule has 0 bridgehead atoms. The Hall–Kier alpha value is -2.54. The Morgan fingerprint density at radius 2 is 2.05 bits per heavy atom. The van der Waals surface area contributed by atoms with Gasteiger partial charge in [0.2, 0.25) is 5.28 Å². The zero-order valence-electron chi connectivity index (χ0n) is 9.39. The van der Waals surface area contributed by atoms with Crippen molar-refractivity contribution in [2.24, 2.45) is 0 Å². The van der Waals surface area contributed by atoms with Crippen molar-refractivity contribution >= 4 is 28.3 Å². The Bertz CT molecular complexity index is 786. The highest BCUT2D eigenvalue weighted by atomic mass is 35.5. The lowest BCUT2D eigenvalue weighted by Crippen LogP contribution is -2.02. The molecule has 0 atom stereocenters. The fourth-order valence-corrected chi connectivity index (χ4v) is 1.90. The highest BCUT2D eigenvalue weighted by Gasteiger charge is 2.17. The number of para-hydroxylation sites is 2. The first-order valence-corrected chi connectivity index (χ1v) is 5.64. The van der Waals surface area contributed by atoms with Crippen LogP contribution >= 0.6 is 11.6 Å². The lowest BCUT2D eigenvalue weighted by atomic mass is 10.2. The number of nitro groups is 1. The van der Waals surface area contributed by atoms with Gasteiger partial charge in [-0.15, -0.1) is 0 Å². The van der Waals surface area contributed by atoms with Crippen LogP contribution in [0.2, 0.25) is 5.28 Å². The minimum atomic E-state index is -0.467. The monoisotopic (exact) mass is 275 g/mol. The van der Waals surface area contributed by atoms with E-state index in [0.29, 0.717) is 16.7 Å². The van der Waals surface area contributed by atoms with Gasteiger partial charge in [0, 0.05) is 12.3 Å². The van der Waals surface area contributed by atoms with Crippen molar-refractivity contribution in [1.82, 2.24) is 19.7 Å². The first-order valence-electron chi connectivity index (χ1n) is 5.27. The summed E-state index contributed by atoms with van der Waals surface area (Å²) in [6.45, 7) is 0. The fourth-order valence-electron chi connectivity index (χ4n) is 1.77. The Morgan fingerprint density at radius 3 is 2.84 bits per heavy atom. The molecule has 0 saturated carbocycles. The molecule has 0 aliphatic rings. The van der Waals surface area contributed by atoms with Gasteiger partial charge in [0.15, 0.2) is 5.65 Å². The van der Waals surface area contributed by atoms with Gasteiger partial charge in [-0.25, -0.2) is 9.67 Å². The molecule has 7 nitrogen and oxygen atoms in total. The second kappa shape index (κ2) is 4.29. The van der Waals surface area contributed by atoms with Crippen LogP contribution in [0.5, 0.6) is 0 Å². The summed E-state index contributed by atoms with van der Waals surface area (Å²) in [5.74, 6) is 0. The quantitative estimate of drug-likeness (QED) is 0.407. The van der Waals surface area contributed by atoms with Crippen molar-refractivity contribution in [3.63, 3.8) is 0 Å². The zero-order valence-corrected chi connectivity index (χ0v) is 10.2. The first kappa shape index (κ1) is 11.5. The molecular weight excluding hydrogens is 270 g/mol. The van der Waals surface area contributed by atoms with Crippen molar-refractivity contribution in [2.45, 2.75) is 0 Å². The lowest BCUT2D eigenvalue weighted by molar-refractivity contribution is -0.384. The maximum Gasteiger partial charge on any atom is 0.294 e. The number of rotatable bonds is 2. The van der Waals surface area contributed by atoms with Crippen molar-refractivity contribution < 1.29 is 4.92 Å². The molecule has 94 valence electrons. The molecule has 0 N–H and O–H groups in total. The molecule has 2 heterocycles. The normalized spacial score (nSPS) is 10.8. The van der Waals surface area contributed by atoms with E-state index in [1.807, 2.05) is 0 Å². The van der Waals surface area contributed by atoms with Gasteiger partial charge in [-0.2, -0.15) is 10.1 Å². The van der Waals surface area contributed by atoms with E-state index in [-0.39, 0.29) is 11.0 Å². The summed E-state index contributed by atoms with van der Waals surface area (Å²) in [5, 5.41) is 15.8. The molecular formula is C11H6ClN5O2. The molecule has 3 aromatic rings. The van der Waals surface area contributed by atoms with Crippen molar-refractivity contribution in [3.05, 3.63) is 52.1 Å². The maximum absolute atomic E-state index is 11.0. The van der Waals surface area contributed by atoms with E-state index >= 15 is 0 Å². The van der Waals surface area contributed by atoms with Crippen LogP contribution in [-0.2, 0) is 0 Å². The van der Waals surface area contributed by atoms with E-state index in [2.05, 4.69) is 15.1 Å². The molecule has 3 rings (SSSR count). The molecule has 8 heteroatoms. The molecule has 1 aromatic carbocycles. The number of nitro benzene ring substituents is 1. The van der Waals surface area contributed by atoms with Crippen molar-refractivity contribution in [2.75, 3.05) is 0 Å². The van der Waals surface area contributed by atoms with Gasteiger partial charge in [0.05, 0.1) is 16.5 Å². The van der Waals surface area contributed by atoms with Crippen molar-refractivity contribution in [1.29, 1.82) is 0 Å². The predicted molar refractivity (Wildman–Crippen MR) is 68.3 cm³/mol. The largest absolute Gasteiger partial charge is 0.294 e. The Morgan fingerprint density at radius 1 is 1.26 bits per heavy atom. The van der Waals surface area contributed by atoms with E-state index in [9.17, 15) is 10.1 Å². The van der Waals surface area contributed by atoms with Gasteiger partial charge >= 0.3 is 0 Å². The molecule has 0 amide bonds. The molecule has 0 spiro atoms. The third-order valence-corrected chi connectivity index (χ3v) is 2.77. The number of fused-ring (bicyclic) bond motifs is 1. The van der Waals surface area contributed by atoms with Crippen LogP contribution in [-0.4, -0.2) is 24.7 Å². The number of aromatic nitrogens is 4. The highest BCUT2D eigenvalue weighted by Crippen LogP contribution is 2.24. The number of benzene rings is 1. The predicted octanol–water partition coefficient (Wildman–Crippen LogP) is 2.38. The summed E-state index contributed by atoms with van der Waals surface area (Å²) in [5.41, 5.74) is 0.703. The van der Waals surface area contributed by atoms with Crippen LogP contribution in [0.25, 0.3) is 16.7 Å². The third kappa shape index (κ3) is 1.89. The van der Waals surface area contributed by atoms with Gasteiger partial charge in [0.1, 0.15) is 5.69 Å². The van der Waals surface area contributed by atoms with E-state index in [1.165, 1.54) is 23.1 Å². The third-order valence-electron chi connectivity index (χ3n) is 2.59. The molecule has 2 aromatic heterocycles. The number of nitrogens with zero attached hydrogens (tertiary/aromatic N) is 5. The van der Waals surface area contributed by atoms with Crippen LogP contribution in [0.3, 0.4) is 0 Å². The van der Waals surface area contributed by atoms with Crippen LogP contribution in [0.1, 0.15) is 0 Å². The Labute approximate surface area is 111 Å². The molecule has 0 unspecified atom stereocenters. The lowest BCUT2D eigenvalue weighted by Gasteiger charge is -2.03. The van der Waals surface area contributed by atoms with Gasteiger partial charge in [0.25, 0.3) is 5.69 Å². The maximum atomic E-state index is 11.0. The van der Waals surface area contributed by atoms with Gasteiger partial charge in [-0.3, -0.25) is 10.1 Å². The molecule has 0 radical (unpaired) electrons. The zero-order chi connectivity index (χ0) is 13.4. The first-order chi connectivity index (χ1) is 9.16. The van der Waals surface area contributed by atoms with E-state index in [0.717, 1.165) is 0 Å². The molecule has 0 aliphatic heterocycles. The second-order valence-electron chi connectivity index (χ2n) is 3.72. The molecule has 0 aliphatic carbocycles. The summed E-state index contributed by atoms with van der Waals surface area (Å²) >= 11 is 5.74. The minimum Gasteiger partial charge on any atom is -0.258 e. The summed E-state index contributed by atoms with van der Waals surface area (Å²) in [6, 6.07) is 6.29. The van der Waals surface area contributed by atoms with E-state index < -0.39 is 4.92 Å². The van der Waals surface area contributed by atoms with E-state index in [1.54, 1.807) is 18.2 Å². The van der Waals surface area contributed by atoms with Crippen molar-refractivity contribution in [3.8, 4) is 5.69 Å². The summed E-state index contributed by atoms with van der Waals surface area (Å²) in [4.78, 5) is 18.4. The summed E-state index contributed by atoms with van der Waals surface area (Å²) in [7, 11) is 0. The molecule has 0 fully saturated rings. The standard InChI is InChI=1S/C11H6ClN5O2/c12-11-13-5-7-6-14-16(10(7)15-11)8-3-1-2-4-9(8)17(18)19/h1-6H. The number of halogens is 1. The minimum absolute atomic E-state index is 0.0535. The number of hydrogen-bond acceptors (Lipinski definition) is 5. The highest BCUT2D eigenvalue weighted by molar-refractivity contribution is 6.28. The average Bonchev–Trinajstić information content (AvgIpc) is 2.81. The number of hydrogen-bond donors (Lipinski definition) is 0. The van der Waals surface area contributed by atoms with E-state index in [4.69, 9.17) is 11.6 Å². The van der Waals surface area contributed by atoms with Crippen LogP contribution in [0.15, 0.2) is 36.7 Å². The second-order valence-corrected chi connectivity index (χ2v) is 4.06. The fraction of sp³-hybridized carbons (Fsp3) is 0. The van der Waals surface area contributed by atoms with Gasteiger partial charge < -0.3 is 0 Å². The summed E-state index contributed by atoms with van der Waals surface area (Å²) < 4.78 is 1.38. The smallest absolute Gasteiger partial charge is 0.258 e. The Balaban J connectivity index is 2.31. The topological polar surface area (TPSA) is 86.7 Å². The van der Waals surface area contributed by atoms with Crippen LogP contribution < -0.4 is 0 Å². The molecule has 19 heavy (non-hydrogen) atoms. The summed E-state index contributed by atoms with van der Waals surface area (Å²) in [6.07, 6.45) is 3.05. The molecule has 0 saturated heterocycles. The average molecular weight is 276 g/mol.